The number of alkyl halides is 3. The van der Waals surface area contributed by atoms with E-state index in [2.05, 4.69) is 15.3 Å². The number of hydrogen-bond donors (Lipinski definition) is 1. The lowest BCUT2D eigenvalue weighted by molar-refractivity contribution is -0.136. The summed E-state index contributed by atoms with van der Waals surface area (Å²) in [5.74, 6) is 0.549. The highest BCUT2D eigenvalue weighted by Gasteiger charge is 2.35. The van der Waals surface area contributed by atoms with Crippen molar-refractivity contribution < 1.29 is 27.4 Å². The van der Waals surface area contributed by atoms with E-state index in [0.717, 1.165) is 6.07 Å². The van der Waals surface area contributed by atoms with Gasteiger partial charge >= 0.3 is 12.2 Å². The number of carbonyl (C=O) groups excluding carboxylic acids is 1. The Kier molecular flexibility index (Phi) is 5.33. The largest absolute Gasteiger partial charge is 0.480 e. The number of methoxy groups -OCH3 is 1. The highest BCUT2D eigenvalue weighted by Crippen LogP contribution is 2.34. The zero-order chi connectivity index (χ0) is 19.4. The van der Waals surface area contributed by atoms with Gasteiger partial charge in [0.2, 0.25) is 11.8 Å². The van der Waals surface area contributed by atoms with Gasteiger partial charge in [-0.05, 0) is 12.1 Å². The predicted octanol–water partition coefficient (Wildman–Crippen LogP) is 3.19. The zero-order valence-corrected chi connectivity index (χ0v) is 14.4. The molecule has 1 unspecified atom stereocenters. The van der Waals surface area contributed by atoms with Gasteiger partial charge in [0.05, 0.1) is 37.3 Å². The van der Waals surface area contributed by atoms with Crippen molar-refractivity contribution in [2.45, 2.75) is 18.7 Å². The fraction of sp³-hybridized carbons (Fsp3) is 0.353. The molecule has 7 nitrogen and oxygen atoms in total. The van der Waals surface area contributed by atoms with Crippen LogP contribution in [-0.2, 0) is 6.18 Å². The molecule has 10 heteroatoms. The Morgan fingerprint density at radius 1 is 1.26 bits per heavy atom. The van der Waals surface area contributed by atoms with E-state index in [1.807, 2.05) is 0 Å². The SMILES string of the molecule is COc1cncc(OC2CCN(C(=O)Nc3ccccc3C(F)(F)F)C2)n1. The van der Waals surface area contributed by atoms with Crippen LogP contribution in [0.25, 0.3) is 0 Å². The minimum atomic E-state index is -4.55. The lowest BCUT2D eigenvalue weighted by Crippen LogP contribution is -2.35. The summed E-state index contributed by atoms with van der Waals surface area (Å²) in [7, 11) is 1.45. The number of likely N-dealkylation sites (tertiary alicyclic amines) is 1. The van der Waals surface area contributed by atoms with Crippen LogP contribution in [0.2, 0.25) is 0 Å². The maximum absolute atomic E-state index is 13.0. The van der Waals surface area contributed by atoms with Crippen molar-refractivity contribution in [3.63, 3.8) is 0 Å². The molecule has 0 spiro atoms. The van der Waals surface area contributed by atoms with E-state index >= 15 is 0 Å². The molecule has 1 aromatic heterocycles. The molecule has 0 bridgehead atoms. The average molecular weight is 382 g/mol. The second-order valence-electron chi connectivity index (χ2n) is 5.85. The summed E-state index contributed by atoms with van der Waals surface area (Å²) in [6.07, 6.45) is -1.52. The van der Waals surface area contributed by atoms with Crippen LogP contribution in [0, 0.1) is 0 Å². The summed E-state index contributed by atoms with van der Waals surface area (Å²) in [4.78, 5) is 21.7. The van der Waals surface area contributed by atoms with Gasteiger partial charge in [0, 0.05) is 13.0 Å². The van der Waals surface area contributed by atoms with Crippen LogP contribution in [0.1, 0.15) is 12.0 Å². The van der Waals surface area contributed by atoms with Gasteiger partial charge in [-0.15, -0.1) is 0 Å². The molecule has 1 aliphatic heterocycles. The molecule has 2 aromatic rings. The second-order valence-corrected chi connectivity index (χ2v) is 5.85. The first-order valence-electron chi connectivity index (χ1n) is 8.11. The first-order valence-corrected chi connectivity index (χ1v) is 8.11. The van der Waals surface area contributed by atoms with Gasteiger partial charge in [-0.2, -0.15) is 18.2 Å². The van der Waals surface area contributed by atoms with E-state index in [0.29, 0.717) is 18.8 Å². The van der Waals surface area contributed by atoms with Gasteiger partial charge in [0.1, 0.15) is 6.10 Å². The van der Waals surface area contributed by atoms with Crippen molar-refractivity contribution in [1.82, 2.24) is 14.9 Å². The second kappa shape index (κ2) is 7.68. The van der Waals surface area contributed by atoms with E-state index in [1.54, 1.807) is 0 Å². The van der Waals surface area contributed by atoms with Gasteiger partial charge in [-0.3, -0.25) is 4.98 Å². The Morgan fingerprint density at radius 2 is 2.00 bits per heavy atom. The molecule has 1 N–H and O–H groups in total. The van der Waals surface area contributed by atoms with Gasteiger partial charge < -0.3 is 19.7 Å². The fourth-order valence-corrected chi connectivity index (χ4v) is 2.70. The summed E-state index contributed by atoms with van der Waals surface area (Å²) in [5.41, 5.74) is -1.17. The fourth-order valence-electron chi connectivity index (χ4n) is 2.70. The standard InChI is InChI=1S/C17H17F3N4O3/c1-26-14-8-21-9-15(23-14)27-11-6-7-24(10-11)16(25)22-13-5-3-2-4-12(13)17(18,19)20/h2-5,8-9,11H,6-7,10H2,1H3,(H,22,25). The van der Waals surface area contributed by atoms with E-state index in [9.17, 15) is 18.0 Å². The Labute approximate surface area is 153 Å². The third-order valence-corrected chi connectivity index (χ3v) is 3.99. The monoisotopic (exact) mass is 382 g/mol. The minimum absolute atomic E-state index is 0.221. The minimum Gasteiger partial charge on any atom is -0.480 e. The molecule has 3 rings (SSSR count). The summed E-state index contributed by atoms with van der Waals surface area (Å²) in [6, 6.07) is 4.23. The number of amides is 2. The van der Waals surface area contributed by atoms with Crippen molar-refractivity contribution >= 4 is 11.7 Å². The first-order chi connectivity index (χ1) is 12.9. The van der Waals surface area contributed by atoms with Crippen LogP contribution in [0.5, 0.6) is 11.8 Å². The highest BCUT2D eigenvalue weighted by molar-refractivity contribution is 5.90. The van der Waals surface area contributed by atoms with Crippen LogP contribution in [0.4, 0.5) is 23.7 Å². The number of hydrogen-bond acceptors (Lipinski definition) is 5. The number of rotatable bonds is 4. The number of nitrogens with zero attached hydrogens (tertiary/aromatic N) is 3. The molecule has 1 saturated heterocycles. The van der Waals surface area contributed by atoms with Crippen LogP contribution in [0.3, 0.4) is 0 Å². The molecule has 27 heavy (non-hydrogen) atoms. The molecule has 144 valence electrons. The molecular weight excluding hydrogens is 365 g/mol. The number of benzene rings is 1. The summed E-state index contributed by atoms with van der Waals surface area (Å²) in [6.45, 7) is 0.570. The number of ether oxygens (including phenoxy) is 2. The van der Waals surface area contributed by atoms with Crippen LogP contribution < -0.4 is 14.8 Å². The molecule has 0 radical (unpaired) electrons. The van der Waals surface area contributed by atoms with Gasteiger partial charge in [0.25, 0.3) is 0 Å². The van der Waals surface area contributed by atoms with Crippen molar-refractivity contribution in [2.24, 2.45) is 0 Å². The number of anilines is 1. The predicted molar refractivity (Wildman–Crippen MR) is 89.7 cm³/mol. The van der Waals surface area contributed by atoms with Crippen LogP contribution in [0.15, 0.2) is 36.7 Å². The quantitative estimate of drug-likeness (QED) is 0.879. The highest BCUT2D eigenvalue weighted by atomic mass is 19.4. The molecule has 2 heterocycles. The van der Waals surface area contributed by atoms with Gasteiger partial charge in [-0.25, -0.2) is 4.79 Å². The number of urea groups is 1. The van der Waals surface area contributed by atoms with E-state index in [4.69, 9.17) is 9.47 Å². The Hall–Kier alpha value is -3.04. The van der Waals surface area contributed by atoms with E-state index < -0.39 is 17.8 Å². The molecule has 1 aromatic carbocycles. The Bertz CT molecular complexity index is 816. The normalized spacial score (nSPS) is 16.9. The smallest absolute Gasteiger partial charge is 0.418 e. The molecule has 1 atom stereocenters. The molecule has 0 saturated carbocycles. The molecule has 0 aliphatic carbocycles. The van der Waals surface area contributed by atoms with Gasteiger partial charge in [-0.1, -0.05) is 12.1 Å². The van der Waals surface area contributed by atoms with Crippen molar-refractivity contribution in [3.8, 4) is 11.8 Å². The summed E-state index contributed by atoms with van der Waals surface area (Å²) in [5, 5.41) is 2.33. The Morgan fingerprint density at radius 3 is 2.74 bits per heavy atom. The van der Waals surface area contributed by atoms with E-state index in [-0.39, 0.29) is 24.2 Å². The third kappa shape index (κ3) is 4.57. The van der Waals surface area contributed by atoms with Crippen LogP contribution in [-0.4, -0.2) is 47.2 Å². The van der Waals surface area contributed by atoms with Crippen LogP contribution >= 0.6 is 0 Å². The van der Waals surface area contributed by atoms with Gasteiger partial charge in [0.15, 0.2) is 0 Å². The van der Waals surface area contributed by atoms with Crippen molar-refractivity contribution in [2.75, 3.05) is 25.5 Å². The number of aromatic nitrogens is 2. The maximum atomic E-state index is 13.0. The maximum Gasteiger partial charge on any atom is 0.418 e. The molecule has 1 aliphatic rings. The van der Waals surface area contributed by atoms with Crippen molar-refractivity contribution in [3.05, 3.63) is 42.2 Å². The molecule has 1 fully saturated rings. The van der Waals surface area contributed by atoms with Crippen molar-refractivity contribution in [1.29, 1.82) is 0 Å². The van der Waals surface area contributed by atoms with E-state index in [1.165, 1.54) is 42.6 Å². The number of nitrogens with one attached hydrogen (secondary N) is 1. The number of carbonyl (C=O) groups is 1. The summed E-state index contributed by atoms with van der Waals surface area (Å²) >= 11 is 0. The molecular formula is C17H17F3N4O3. The average Bonchev–Trinajstić information content (AvgIpc) is 3.10. The third-order valence-electron chi connectivity index (χ3n) is 3.99. The number of para-hydroxylation sites is 1. The zero-order valence-electron chi connectivity index (χ0n) is 14.4. The lowest BCUT2D eigenvalue weighted by atomic mass is 10.1. The summed E-state index contributed by atoms with van der Waals surface area (Å²) < 4.78 is 49.7. The molecule has 2 amide bonds. The lowest BCUT2D eigenvalue weighted by Gasteiger charge is -2.19. The first kappa shape index (κ1) is 18.7. The Balaban J connectivity index is 1.61. The number of halogens is 3. The topological polar surface area (TPSA) is 76.6 Å².